The van der Waals surface area contributed by atoms with Crippen LogP contribution in [0.15, 0.2) is 49.2 Å². The molecule has 0 bridgehead atoms. The van der Waals surface area contributed by atoms with Crippen LogP contribution < -0.4 is 4.74 Å². The summed E-state index contributed by atoms with van der Waals surface area (Å²) in [5.41, 5.74) is 4.23. The highest BCUT2D eigenvalue weighted by atomic mass is 16.5. The molecule has 0 aliphatic carbocycles. The number of hydrogen-bond donors (Lipinski definition) is 1. The van der Waals surface area contributed by atoms with Gasteiger partial charge in [-0.2, -0.15) is 5.10 Å². The maximum absolute atomic E-state index is 5.15. The molecular weight excluding hydrogens is 316 g/mol. The highest BCUT2D eigenvalue weighted by molar-refractivity contribution is 5.83. The van der Waals surface area contributed by atoms with Crippen molar-refractivity contribution in [2.45, 2.75) is 12.3 Å². The zero-order valence-electron chi connectivity index (χ0n) is 14.0. The third-order valence-electron chi connectivity index (χ3n) is 4.38. The Hall–Kier alpha value is -3.22. The van der Waals surface area contributed by atoms with Crippen molar-refractivity contribution in [2.24, 2.45) is 7.05 Å². The van der Waals surface area contributed by atoms with Crippen molar-refractivity contribution in [1.29, 1.82) is 0 Å². The van der Waals surface area contributed by atoms with Crippen LogP contribution in [0.1, 0.15) is 22.9 Å². The fourth-order valence-electron chi connectivity index (χ4n) is 3.15. The highest BCUT2D eigenvalue weighted by Gasteiger charge is 2.21. The third-order valence-corrected chi connectivity index (χ3v) is 4.38. The first-order valence-corrected chi connectivity index (χ1v) is 8.01. The molecule has 3 aromatic heterocycles. The number of methoxy groups -OCH3 is 1. The summed E-state index contributed by atoms with van der Waals surface area (Å²) in [4.78, 5) is 16.0. The lowest BCUT2D eigenvalue weighted by molar-refractivity contribution is 0.377. The fraction of sp³-hybridized carbons (Fsp3) is 0.222. The molecule has 7 heteroatoms. The van der Waals surface area contributed by atoms with Crippen LogP contribution in [0.2, 0.25) is 0 Å². The van der Waals surface area contributed by atoms with E-state index in [0.717, 1.165) is 22.3 Å². The van der Waals surface area contributed by atoms with Crippen molar-refractivity contribution < 1.29 is 4.74 Å². The second kappa shape index (κ2) is 6.35. The number of aromatic nitrogens is 6. The van der Waals surface area contributed by atoms with Gasteiger partial charge in [0.15, 0.2) is 0 Å². The lowest BCUT2D eigenvalue weighted by Crippen LogP contribution is -2.08. The lowest BCUT2D eigenvalue weighted by atomic mass is 9.89. The van der Waals surface area contributed by atoms with E-state index in [9.17, 15) is 0 Å². The molecule has 1 unspecified atom stereocenters. The fourth-order valence-corrected chi connectivity index (χ4v) is 3.15. The molecule has 0 spiro atoms. The number of imidazole rings is 1. The summed E-state index contributed by atoms with van der Waals surface area (Å²) < 4.78 is 7.04. The van der Waals surface area contributed by atoms with Gasteiger partial charge < -0.3 is 9.72 Å². The van der Waals surface area contributed by atoms with Crippen LogP contribution in [-0.2, 0) is 13.5 Å². The predicted octanol–water partition coefficient (Wildman–Crippen LogP) is 2.47. The Morgan fingerprint density at radius 2 is 2.16 bits per heavy atom. The zero-order valence-corrected chi connectivity index (χ0v) is 14.0. The Balaban J connectivity index is 1.81. The van der Waals surface area contributed by atoms with Crippen molar-refractivity contribution in [2.75, 3.05) is 7.11 Å². The highest BCUT2D eigenvalue weighted by Crippen LogP contribution is 2.32. The van der Waals surface area contributed by atoms with E-state index in [-0.39, 0.29) is 5.92 Å². The maximum atomic E-state index is 5.15. The van der Waals surface area contributed by atoms with E-state index in [1.807, 2.05) is 30.2 Å². The van der Waals surface area contributed by atoms with Gasteiger partial charge in [-0.25, -0.2) is 15.0 Å². The second-order valence-electron chi connectivity index (χ2n) is 5.85. The minimum absolute atomic E-state index is 0.0787. The summed E-state index contributed by atoms with van der Waals surface area (Å²) in [5.74, 6) is 0.0787. The van der Waals surface area contributed by atoms with Gasteiger partial charge in [0.1, 0.15) is 0 Å². The van der Waals surface area contributed by atoms with Gasteiger partial charge in [0, 0.05) is 48.6 Å². The molecule has 126 valence electrons. The molecule has 0 radical (unpaired) electrons. The molecule has 1 aromatic carbocycles. The topological polar surface area (TPSA) is 81.5 Å². The number of nitrogens with zero attached hydrogens (tertiary/aromatic N) is 5. The van der Waals surface area contributed by atoms with Crippen LogP contribution in [0.3, 0.4) is 0 Å². The van der Waals surface area contributed by atoms with E-state index in [2.05, 4.69) is 43.2 Å². The van der Waals surface area contributed by atoms with Gasteiger partial charge >= 0.3 is 6.01 Å². The van der Waals surface area contributed by atoms with Gasteiger partial charge in [0.05, 0.1) is 25.2 Å². The normalized spacial score (nSPS) is 12.4. The molecule has 0 saturated carbocycles. The van der Waals surface area contributed by atoms with Gasteiger partial charge in [0.25, 0.3) is 0 Å². The molecule has 25 heavy (non-hydrogen) atoms. The average Bonchev–Trinajstić information content (AvgIpc) is 3.30. The molecule has 0 saturated heterocycles. The molecule has 1 atom stereocenters. The largest absolute Gasteiger partial charge is 0.467 e. The van der Waals surface area contributed by atoms with E-state index >= 15 is 0 Å². The molecule has 0 amide bonds. The van der Waals surface area contributed by atoms with E-state index in [1.54, 1.807) is 19.6 Å². The van der Waals surface area contributed by atoms with Gasteiger partial charge in [-0.05, 0) is 17.7 Å². The minimum Gasteiger partial charge on any atom is -0.467 e. The van der Waals surface area contributed by atoms with Crippen molar-refractivity contribution >= 4 is 10.9 Å². The molecular formula is C18H18N6O. The van der Waals surface area contributed by atoms with Crippen molar-refractivity contribution in [3.63, 3.8) is 0 Å². The second-order valence-corrected chi connectivity index (χ2v) is 5.85. The van der Waals surface area contributed by atoms with Crippen molar-refractivity contribution in [3.05, 3.63) is 66.1 Å². The molecule has 1 N–H and O–H groups in total. The Bertz CT molecular complexity index is 992. The molecule has 3 heterocycles. The Labute approximate surface area is 144 Å². The molecule has 0 aliphatic heterocycles. The van der Waals surface area contributed by atoms with E-state index < -0.39 is 0 Å². The first-order chi connectivity index (χ1) is 12.3. The van der Waals surface area contributed by atoms with Gasteiger partial charge in [-0.15, -0.1) is 0 Å². The quantitative estimate of drug-likeness (QED) is 0.606. The smallest absolute Gasteiger partial charge is 0.316 e. The van der Waals surface area contributed by atoms with E-state index in [4.69, 9.17) is 4.74 Å². The third kappa shape index (κ3) is 2.84. The van der Waals surface area contributed by atoms with Crippen LogP contribution in [0, 0.1) is 0 Å². The Kier molecular flexibility index (Phi) is 3.89. The molecule has 0 fully saturated rings. The summed E-state index contributed by atoms with van der Waals surface area (Å²) in [6.45, 7) is 0. The minimum atomic E-state index is 0.0787. The first kappa shape index (κ1) is 15.3. The Morgan fingerprint density at radius 3 is 2.96 bits per heavy atom. The van der Waals surface area contributed by atoms with Crippen molar-refractivity contribution in [1.82, 2.24) is 29.7 Å². The van der Waals surface area contributed by atoms with Gasteiger partial charge in [-0.3, -0.25) is 4.68 Å². The molecule has 4 aromatic rings. The number of H-pyrrole nitrogens is 1. The van der Waals surface area contributed by atoms with Gasteiger partial charge in [-0.1, -0.05) is 12.1 Å². The standard InChI is InChI=1S/C18H18N6O/c1-24-17-5-3-4-13(15(17)9-22-24)14(16-10-19-11-21-16)8-12-6-7-20-18(23-12)25-2/h3-7,9-11,14H,8H2,1-2H3,(H,19,21). The van der Waals surface area contributed by atoms with Crippen LogP contribution in [0.25, 0.3) is 10.9 Å². The number of ether oxygens (including phenoxy) is 1. The Morgan fingerprint density at radius 1 is 1.24 bits per heavy atom. The molecule has 0 aliphatic rings. The maximum Gasteiger partial charge on any atom is 0.316 e. The van der Waals surface area contributed by atoms with Crippen LogP contribution in [0.4, 0.5) is 0 Å². The number of aryl methyl sites for hydroxylation is 1. The van der Waals surface area contributed by atoms with Gasteiger partial charge in [0.2, 0.25) is 0 Å². The number of fused-ring (bicyclic) bond motifs is 1. The number of nitrogens with one attached hydrogen (secondary N) is 1. The summed E-state index contributed by atoms with van der Waals surface area (Å²) in [6, 6.07) is 8.55. The lowest BCUT2D eigenvalue weighted by Gasteiger charge is -2.17. The van der Waals surface area contributed by atoms with Crippen LogP contribution in [0.5, 0.6) is 6.01 Å². The summed E-state index contributed by atoms with van der Waals surface area (Å²) in [6.07, 6.45) is 7.89. The van der Waals surface area contributed by atoms with E-state index in [1.165, 1.54) is 5.56 Å². The summed E-state index contributed by atoms with van der Waals surface area (Å²) >= 11 is 0. The number of hydrogen-bond acceptors (Lipinski definition) is 5. The number of benzene rings is 1. The predicted molar refractivity (Wildman–Crippen MR) is 93.4 cm³/mol. The molecule has 7 nitrogen and oxygen atoms in total. The SMILES string of the molecule is COc1nccc(CC(c2cnc[nH]2)c2cccc3c2cnn3C)n1. The zero-order chi connectivity index (χ0) is 17.2. The summed E-state index contributed by atoms with van der Waals surface area (Å²) in [7, 11) is 3.52. The van der Waals surface area contributed by atoms with Crippen LogP contribution in [-0.4, -0.2) is 36.8 Å². The van der Waals surface area contributed by atoms with E-state index in [0.29, 0.717) is 12.4 Å². The monoisotopic (exact) mass is 334 g/mol. The first-order valence-electron chi connectivity index (χ1n) is 8.01. The molecule has 4 rings (SSSR count). The van der Waals surface area contributed by atoms with Crippen molar-refractivity contribution in [3.8, 4) is 6.01 Å². The summed E-state index contributed by atoms with van der Waals surface area (Å²) in [5, 5.41) is 5.53. The number of aromatic amines is 1. The number of rotatable bonds is 5. The van der Waals surface area contributed by atoms with Crippen LogP contribution >= 0.6 is 0 Å². The average molecular weight is 334 g/mol.